The van der Waals surface area contributed by atoms with E-state index >= 15 is 0 Å². The highest BCUT2D eigenvalue weighted by atomic mass is 16.1. The van der Waals surface area contributed by atoms with Gasteiger partial charge in [0.05, 0.1) is 0 Å². The molecule has 0 fully saturated rings. The van der Waals surface area contributed by atoms with Crippen molar-refractivity contribution in [1.29, 1.82) is 0 Å². The third-order valence-corrected chi connectivity index (χ3v) is 4.58. The summed E-state index contributed by atoms with van der Waals surface area (Å²) in [5.74, 6) is 0.0193. The Morgan fingerprint density at radius 3 is 1.96 bits per heavy atom. The molecule has 0 radical (unpaired) electrons. The standard InChI is InChI=1S/C21H28O2/c1-2-3-4-5-6-7-8-9-10-13-17-16-20(22)18-14-11-12-15-19(18)21(17)23/h11-12,14-16H,2-10,13H2,1H3. The molecule has 0 N–H and O–H groups in total. The van der Waals surface area contributed by atoms with Crippen molar-refractivity contribution in [3.63, 3.8) is 0 Å². The Labute approximate surface area is 140 Å². The number of carbonyl (C=O) groups is 2. The van der Waals surface area contributed by atoms with Gasteiger partial charge in [-0.05, 0) is 18.9 Å². The van der Waals surface area contributed by atoms with Gasteiger partial charge in [-0.3, -0.25) is 9.59 Å². The molecule has 0 saturated carbocycles. The number of hydrogen-bond donors (Lipinski definition) is 0. The average Bonchev–Trinajstić information content (AvgIpc) is 2.57. The Hall–Kier alpha value is -1.70. The molecule has 0 atom stereocenters. The largest absolute Gasteiger partial charge is 0.289 e. The summed E-state index contributed by atoms with van der Waals surface area (Å²) >= 11 is 0. The molecule has 0 heterocycles. The molecule has 0 aromatic heterocycles. The number of rotatable bonds is 10. The van der Waals surface area contributed by atoms with E-state index in [0.717, 1.165) is 19.3 Å². The van der Waals surface area contributed by atoms with E-state index in [1.54, 1.807) is 18.2 Å². The zero-order valence-corrected chi connectivity index (χ0v) is 14.3. The highest BCUT2D eigenvalue weighted by Crippen LogP contribution is 2.24. The zero-order valence-electron chi connectivity index (χ0n) is 14.3. The smallest absolute Gasteiger partial charge is 0.189 e. The van der Waals surface area contributed by atoms with Crippen LogP contribution in [0.2, 0.25) is 0 Å². The molecular formula is C21H28O2. The minimum absolute atomic E-state index is 0.0221. The molecule has 0 unspecified atom stereocenters. The normalized spacial score (nSPS) is 13.9. The first kappa shape index (κ1) is 17.7. The lowest BCUT2D eigenvalue weighted by Gasteiger charge is -2.14. The summed E-state index contributed by atoms with van der Waals surface area (Å²) in [4.78, 5) is 24.5. The number of unbranched alkanes of at least 4 members (excludes halogenated alkanes) is 8. The van der Waals surface area contributed by atoms with Crippen molar-refractivity contribution in [2.45, 2.75) is 71.1 Å². The van der Waals surface area contributed by atoms with Gasteiger partial charge in [0, 0.05) is 16.7 Å². The van der Waals surface area contributed by atoms with Gasteiger partial charge in [-0.25, -0.2) is 0 Å². The zero-order chi connectivity index (χ0) is 16.5. The summed E-state index contributed by atoms with van der Waals surface area (Å²) in [5, 5.41) is 0. The summed E-state index contributed by atoms with van der Waals surface area (Å²) in [7, 11) is 0. The maximum atomic E-state index is 12.4. The average molecular weight is 312 g/mol. The fraction of sp³-hybridized carbons (Fsp3) is 0.524. The fourth-order valence-electron chi connectivity index (χ4n) is 3.18. The molecule has 23 heavy (non-hydrogen) atoms. The Bertz CT molecular complexity index is 569. The molecule has 0 spiro atoms. The Balaban J connectivity index is 1.69. The molecule has 2 heteroatoms. The van der Waals surface area contributed by atoms with Gasteiger partial charge < -0.3 is 0 Å². The van der Waals surface area contributed by atoms with Gasteiger partial charge in [0.2, 0.25) is 0 Å². The predicted molar refractivity (Wildman–Crippen MR) is 95.0 cm³/mol. The fourth-order valence-corrected chi connectivity index (χ4v) is 3.18. The van der Waals surface area contributed by atoms with E-state index in [-0.39, 0.29) is 11.6 Å². The van der Waals surface area contributed by atoms with Gasteiger partial charge >= 0.3 is 0 Å². The Morgan fingerprint density at radius 2 is 1.30 bits per heavy atom. The first-order valence-corrected chi connectivity index (χ1v) is 9.12. The highest BCUT2D eigenvalue weighted by Gasteiger charge is 2.24. The molecule has 124 valence electrons. The maximum Gasteiger partial charge on any atom is 0.189 e. The van der Waals surface area contributed by atoms with Crippen LogP contribution in [-0.2, 0) is 0 Å². The first-order chi connectivity index (χ1) is 11.2. The molecular weight excluding hydrogens is 284 g/mol. The van der Waals surface area contributed by atoms with Crippen molar-refractivity contribution in [3.8, 4) is 0 Å². The molecule has 0 saturated heterocycles. The SMILES string of the molecule is CCCCCCCCCCCC1=CC(=O)c2ccccc2C1=O. The summed E-state index contributed by atoms with van der Waals surface area (Å²) in [6.45, 7) is 2.24. The van der Waals surface area contributed by atoms with Crippen molar-refractivity contribution < 1.29 is 9.59 Å². The van der Waals surface area contributed by atoms with Crippen molar-refractivity contribution >= 4 is 11.6 Å². The van der Waals surface area contributed by atoms with Crippen LogP contribution in [0.3, 0.4) is 0 Å². The lowest BCUT2D eigenvalue weighted by atomic mass is 9.87. The van der Waals surface area contributed by atoms with Gasteiger partial charge in [-0.1, -0.05) is 82.6 Å². The third kappa shape index (κ3) is 5.16. The summed E-state index contributed by atoms with van der Waals surface area (Å²) < 4.78 is 0. The van der Waals surface area contributed by atoms with E-state index in [9.17, 15) is 9.59 Å². The molecule has 2 rings (SSSR count). The Morgan fingerprint density at radius 1 is 0.739 bits per heavy atom. The molecule has 1 aromatic rings. The van der Waals surface area contributed by atoms with E-state index in [1.807, 2.05) is 12.1 Å². The van der Waals surface area contributed by atoms with E-state index in [1.165, 1.54) is 44.9 Å². The van der Waals surface area contributed by atoms with Crippen LogP contribution >= 0.6 is 0 Å². The van der Waals surface area contributed by atoms with Crippen molar-refractivity contribution in [2.75, 3.05) is 0 Å². The molecule has 0 amide bonds. The van der Waals surface area contributed by atoms with Crippen LogP contribution in [0.4, 0.5) is 0 Å². The topological polar surface area (TPSA) is 34.1 Å². The lowest BCUT2D eigenvalue weighted by Crippen LogP contribution is -2.16. The number of hydrogen-bond acceptors (Lipinski definition) is 2. The summed E-state index contributed by atoms with van der Waals surface area (Å²) in [6, 6.07) is 7.13. The molecule has 0 aliphatic heterocycles. The molecule has 2 nitrogen and oxygen atoms in total. The van der Waals surface area contributed by atoms with Crippen LogP contribution in [0.25, 0.3) is 0 Å². The maximum absolute atomic E-state index is 12.4. The predicted octanol–water partition coefficient (Wildman–Crippen LogP) is 5.91. The highest BCUT2D eigenvalue weighted by molar-refractivity contribution is 6.24. The number of ketones is 2. The van der Waals surface area contributed by atoms with Gasteiger partial charge in [0.25, 0.3) is 0 Å². The van der Waals surface area contributed by atoms with Gasteiger partial charge in [-0.2, -0.15) is 0 Å². The van der Waals surface area contributed by atoms with Crippen LogP contribution in [0.5, 0.6) is 0 Å². The van der Waals surface area contributed by atoms with E-state index < -0.39 is 0 Å². The van der Waals surface area contributed by atoms with Crippen molar-refractivity contribution in [2.24, 2.45) is 0 Å². The minimum atomic E-state index is -0.0221. The van der Waals surface area contributed by atoms with E-state index in [0.29, 0.717) is 16.7 Å². The van der Waals surface area contributed by atoms with Crippen molar-refractivity contribution in [1.82, 2.24) is 0 Å². The number of benzene rings is 1. The second-order valence-electron chi connectivity index (χ2n) is 6.49. The van der Waals surface area contributed by atoms with Crippen LogP contribution in [0, 0.1) is 0 Å². The van der Waals surface area contributed by atoms with E-state index in [4.69, 9.17) is 0 Å². The minimum Gasteiger partial charge on any atom is -0.289 e. The first-order valence-electron chi connectivity index (χ1n) is 9.12. The van der Waals surface area contributed by atoms with Crippen LogP contribution in [-0.4, -0.2) is 11.6 Å². The summed E-state index contributed by atoms with van der Waals surface area (Å²) in [6.07, 6.45) is 13.6. The lowest BCUT2D eigenvalue weighted by molar-refractivity contribution is 0.0981. The number of allylic oxidation sites excluding steroid dienone is 2. The second-order valence-corrected chi connectivity index (χ2v) is 6.49. The second kappa shape index (κ2) is 9.44. The number of carbonyl (C=O) groups excluding carboxylic acids is 2. The molecule has 1 aliphatic rings. The molecule has 0 bridgehead atoms. The molecule has 1 aliphatic carbocycles. The van der Waals surface area contributed by atoms with Crippen molar-refractivity contribution in [3.05, 3.63) is 47.0 Å². The van der Waals surface area contributed by atoms with Crippen LogP contribution < -0.4 is 0 Å². The van der Waals surface area contributed by atoms with Gasteiger partial charge in [0.15, 0.2) is 11.6 Å². The monoisotopic (exact) mass is 312 g/mol. The summed E-state index contributed by atoms with van der Waals surface area (Å²) in [5.41, 5.74) is 1.82. The third-order valence-electron chi connectivity index (χ3n) is 4.58. The van der Waals surface area contributed by atoms with E-state index in [2.05, 4.69) is 6.92 Å². The molecule has 1 aromatic carbocycles. The number of fused-ring (bicyclic) bond motifs is 1. The van der Waals surface area contributed by atoms with Gasteiger partial charge in [-0.15, -0.1) is 0 Å². The van der Waals surface area contributed by atoms with Crippen LogP contribution in [0.15, 0.2) is 35.9 Å². The van der Waals surface area contributed by atoms with Crippen LogP contribution in [0.1, 0.15) is 91.8 Å². The Kier molecular flexibility index (Phi) is 7.25. The quantitative estimate of drug-likeness (QED) is 0.503. The van der Waals surface area contributed by atoms with Gasteiger partial charge in [0.1, 0.15) is 0 Å². The number of Topliss-reactive ketones (excluding diaryl/α,β-unsaturated/α-hetero) is 1.